The molecule has 0 fully saturated rings. The summed E-state index contributed by atoms with van der Waals surface area (Å²) in [4.78, 5) is 2.27. The molecule has 0 heterocycles. The molecular formula is C15H24FN3. The summed E-state index contributed by atoms with van der Waals surface area (Å²) in [5, 5.41) is 7.32. The molecule has 0 aromatic heterocycles. The highest BCUT2D eigenvalue weighted by Gasteiger charge is 2.10. The van der Waals surface area contributed by atoms with Gasteiger partial charge in [-0.1, -0.05) is 19.9 Å². The van der Waals surface area contributed by atoms with Crippen molar-refractivity contribution in [1.82, 2.24) is 4.90 Å². The smallest absolute Gasteiger partial charge is 0.123 e. The van der Waals surface area contributed by atoms with Gasteiger partial charge >= 0.3 is 0 Å². The van der Waals surface area contributed by atoms with E-state index in [2.05, 4.69) is 18.7 Å². The fraction of sp³-hybridized carbons (Fsp3) is 0.533. The van der Waals surface area contributed by atoms with Gasteiger partial charge in [0.15, 0.2) is 0 Å². The summed E-state index contributed by atoms with van der Waals surface area (Å²) in [6, 6.07) is 4.90. The number of amidine groups is 1. The molecule has 0 saturated carbocycles. The van der Waals surface area contributed by atoms with Gasteiger partial charge in [-0.05, 0) is 36.1 Å². The van der Waals surface area contributed by atoms with E-state index in [9.17, 15) is 4.39 Å². The molecule has 0 atom stereocenters. The van der Waals surface area contributed by atoms with Crippen molar-refractivity contribution in [3.05, 3.63) is 35.1 Å². The highest BCUT2D eigenvalue weighted by Crippen LogP contribution is 2.14. The molecule has 0 spiro atoms. The topological polar surface area (TPSA) is 53.1 Å². The SMILES string of the molecule is Cc1cc(F)ccc1CN(CCC(=N)N)CC(C)C. The molecule has 1 rings (SSSR count). The summed E-state index contributed by atoms with van der Waals surface area (Å²) in [6.45, 7) is 8.75. The quantitative estimate of drug-likeness (QED) is 0.588. The average Bonchev–Trinajstić information content (AvgIpc) is 2.28. The van der Waals surface area contributed by atoms with Gasteiger partial charge in [0.05, 0.1) is 5.84 Å². The van der Waals surface area contributed by atoms with Gasteiger partial charge in [-0.25, -0.2) is 4.39 Å². The highest BCUT2D eigenvalue weighted by molar-refractivity contribution is 5.76. The molecule has 4 heteroatoms. The second kappa shape index (κ2) is 7.24. The van der Waals surface area contributed by atoms with Crippen molar-refractivity contribution >= 4 is 5.84 Å². The monoisotopic (exact) mass is 265 g/mol. The molecule has 0 unspecified atom stereocenters. The van der Waals surface area contributed by atoms with Crippen molar-refractivity contribution in [3.8, 4) is 0 Å². The van der Waals surface area contributed by atoms with Gasteiger partial charge in [-0.3, -0.25) is 10.3 Å². The van der Waals surface area contributed by atoms with Gasteiger partial charge in [0.25, 0.3) is 0 Å². The third kappa shape index (κ3) is 5.83. The van der Waals surface area contributed by atoms with Crippen LogP contribution in [0.4, 0.5) is 4.39 Å². The Morgan fingerprint density at radius 1 is 1.42 bits per heavy atom. The molecule has 0 amide bonds. The molecule has 1 aromatic carbocycles. The maximum Gasteiger partial charge on any atom is 0.123 e. The van der Waals surface area contributed by atoms with Crippen molar-refractivity contribution < 1.29 is 4.39 Å². The molecule has 106 valence electrons. The van der Waals surface area contributed by atoms with Crippen LogP contribution in [0, 0.1) is 24.1 Å². The summed E-state index contributed by atoms with van der Waals surface area (Å²) in [5.41, 5.74) is 7.52. The lowest BCUT2D eigenvalue weighted by molar-refractivity contribution is 0.242. The molecule has 19 heavy (non-hydrogen) atoms. The van der Waals surface area contributed by atoms with E-state index < -0.39 is 0 Å². The maximum atomic E-state index is 13.1. The molecule has 0 aliphatic rings. The van der Waals surface area contributed by atoms with E-state index in [1.54, 1.807) is 6.07 Å². The van der Waals surface area contributed by atoms with Crippen LogP contribution >= 0.6 is 0 Å². The lowest BCUT2D eigenvalue weighted by Crippen LogP contribution is -2.31. The maximum absolute atomic E-state index is 13.1. The average molecular weight is 265 g/mol. The summed E-state index contributed by atoms with van der Waals surface area (Å²) in [5.74, 6) is 0.567. The zero-order valence-electron chi connectivity index (χ0n) is 12.0. The van der Waals surface area contributed by atoms with Crippen molar-refractivity contribution in [2.24, 2.45) is 11.7 Å². The van der Waals surface area contributed by atoms with Gasteiger partial charge < -0.3 is 5.73 Å². The lowest BCUT2D eigenvalue weighted by atomic mass is 10.1. The number of rotatable bonds is 7. The summed E-state index contributed by atoms with van der Waals surface area (Å²) >= 11 is 0. The lowest BCUT2D eigenvalue weighted by Gasteiger charge is -2.25. The molecule has 3 nitrogen and oxygen atoms in total. The molecule has 0 aliphatic heterocycles. The molecule has 0 saturated heterocycles. The Morgan fingerprint density at radius 3 is 2.63 bits per heavy atom. The van der Waals surface area contributed by atoms with Gasteiger partial charge in [-0.2, -0.15) is 0 Å². The highest BCUT2D eigenvalue weighted by atomic mass is 19.1. The number of aryl methyl sites for hydroxylation is 1. The first-order valence-corrected chi connectivity index (χ1v) is 6.68. The van der Waals surface area contributed by atoms with Gasteiger partial charge in [0.1, 0.15) is 5.82 Å². The summed E-state index contributed by atoms with van der Waals surface area (Å²) in [7, 11) is 0. The normalized spacial score (nSPS) is 11.3. The standard InChI is InChI=1S/C15H24FN3/c1-11(2)9-19(7-6-15(17)18)10-13-4-5-14(16)8-12(13)3/h4-5,8,11H,6-7,9-10H2,1-3H3,(H3,17,18). The number of halogens is 1. The summed E-state index contributed by atoms with van der Waals surface area (Å²) in [6.07, 6.45) is 0.576. The molecule has 0 radical (unpaired) electrons. The molecule has 0 aliphatic carbocycles. The molecule has 3 N–H and O–H groups in total. The predicted molar refractivity (Wildman–Crippen MR) is 77.8 cm³/mol. The first-order valence-electron chi connectivity index (χ1n) is 6.68. The fourth-order valence-electron chi connectivity index (χ4n) is 2.11. The number of nitrogens with zero attached hydrogens (tertiary/aromatic N) is 1. The Labute approximate surface area is 115 Å². The van der Waals surface area contributed by atoms with Crippen LogP contribution in [0.5, 0.6) is 0 Å². The molecule has 0 bridgehead atoms. The number of nitrogens with one attached hydrogen (secondary N) is 1. The van der Waals surface area contributed by atoms with Crippen LogP contribution in [0.15, 0.2) is 18.2 Å². The molecule has 1 aromatic rings. The van der Waals surface area contributed by atoms with Crippen LogP contribution in [0.25, 0.3) is 0 Å². The van der Waals surface area contributed by atoms with Crippen molar-refractivity contribution in [2.45, 2.75) is 33.7 Å². The fourth-order valence-corrected chi connectivity index (χ4v) is 2.11. The Kier molecular flexibility index (Phi) is 5.96. The predicted octanol–water partition coefficient (Wildman–Crippen LogP) is 2.92. The zero-order valence-corrected chi connectivity index (χ0v) is 12.0. The van der Waals surface area contributed by atoms with Crippen LogP contribution < -0.4 is 5.73 Å². The minimum Gasteiger partial charge on any atom is -0.388 e. The van der Waals surface area contributed by atoms with Gasteiger partial charge in [0.2, 0.25) is 0 Å². The Balaban J connectivity index is 2.72. The van der Waals surface area contributed by atoms with Gasteiger partial charge in [0, 0.05) is 26.1 Å². The van der Waals surface area contributed by atoms with E-state index in [-0.39, 0.29) is 11.7 Å². The van der Waals surface area contributed by atoms with E-state index in [4.69, 9.17) is 11.1 Å². The minimum absolute atomic E-state index is 0.194. The Bertz CT molecular complexity index is 429. The number of nitrogens with two attached hydrogens (primary N) is 1. The van der Waals surface area contributed by atoms with Crippen LogP contribution in [0.3, 0.4) is 0 Å². The zero-order chi connectivity index (χ0) is 14.4. The molecular weight excluding hydrogens is 241 g/mol. The van der Waals surface area contributed by atoms with E-state index in [0.29, 0.717) is 12.3 Å². The van der Waals surface area contributed by atoms with Crippen LogP contribution in [-0.4, -0.2) is 23.8 Å². The minimum atomic E-state index is -0.194. The number of hydrogen-bond acceptors (Lipinski definition) is 2. The van der Waals surface area contributed by atoms with Crippen molar-refractivity contribution in [3.63, 3.8) is 0 Å². The van der Waals surface area contributed by atoms with E-state index in [1.165, 1.54) is 6.07 Å². The van der Waals surface area contributed by atoms with Gasteiger partial charge in [-0.15, -0.1) is 0 Å². The second-order valence-corrected chi connectivity index (χ2v) is 5.48. The number of hydrogen-bond donors (Lipinski definition) is 2. The van der Waals surface area contributed by atoms with E-state index in [0.717, 1.165) is 30.8 Å². The van der Waals surface area contributed by atoms with E-state index >= 15 is 0 Å². The third-order valence-electron chi connectivity index (χ3n) is 3.02. The largest absolute Gasteiger partial charge is 0.388 e. The van der Waals surface area contributed by atoms with Crippen LogP contribution in [0.1, 0.15) is 31.4 Å². The van der Waals surface area contributed by atoms with Crippen molar-refractivity contribution in [2.75, 3.05) is 13.1 Å². The first kappa shape index (κ1) is 15.6. The van der Waals surface area contributed by atoms with Crippen molar-refractivity contribution in [1.29, 1.82) is 5.41 Å². The first-order chi connectivity index (χ1) is 8.88. The Morgan fingerprint density at radius 2 is 2.11 bits per heavy atom. The van der Waals surface area contributed by atoms with Crippen LogP contribution in [-0.2, 0) is 6.54 Å². The second-order valence-electron chi connectivity index (χ2n) is 5.48. The summed E-state index contributed by atoms with van der Waals surface area (Å²) < 4.78 is 13.1. The third-order valence-corrected chi connectivity index (χ3v) is 3.02. The number of benzene rings is 1. The van der Waals surface area contributed by atoms with E-state index in [1.807, 2.05) is 13.0 Å². The van der Waals surface area contributed by atoms with Crippen LogP contribution in [0.2, 0.25) is 0 Å². The Hall–Kier alpha value is -1.42.